The van der Waals surface area contributed by atoms with E-state index in [0.29, 0.717) is 0 Å². The maximum Gasteiger partial charge on any atom is 0.320 e. The number of thioether (sulfide) groups is 1. The number of hydrogen-bond donors (Lipinski definition) is 2. The van der Waals surface area contributed by atoms with Crippen molar-refractivity contribution in [3.8, 4) is 0 Å². The highest BCUT2D eigenvalue weighted by Crippen LogP contribution is 2.19. The summed E-state index contributed by atoms with van der Waals surface area (Å²) in [5.41, 5.74) is 5.22. The van der Waals surface area contributed by atoms with Gasteiger partial charge < -0.3 is 10.8 Å². The monoisotopic (exact) mass is 149 g/mol. The summed E-state index contributed by atoms with van der Waals surface area (Å²) in [5.74, 6) is -0.850. The number of aliphatic carboxylic acids is 1. The Bertz CT molecular complexity index is 112. The van der Waals surface area contributed by atoms with Crippen LogP contribution in [0.4, 0.5) is 0 Å². The molecule has 0 radical (unpaired) electrons. The summed E-state index contributed by atoms with van der Waals surface area (Å²) in [6, 6.07) is 0. The quantitative estimate of drug-likeness (QED) is 0.599. The molecule has 0 unspecified atom stereocenters. The van der Waals surface area contributed by atoms with E-state index in [1.807, 2.05) is 0 Å². The molecule has 0 aromatic carbocycles. The van der Waals surface area contributed by atoms with Gasteiger partial charge in [-0.15, -0.1) is 11.8 Å². The summed E-state index contributed by atoms with van der Waals surface area (Å²) in [7, 11) is 0. The fraction of sp³-hybridized carbons (Fsp3) is 0.800. The molecule has 3 N–H and O–H groups in total. The molecular formula is C5H11NO2S. The molecule has 0 aliphatic rings. The maximum absolute atomic E-state index is 10.4. The average Bonchev–Trinajstić information content (AvgIpc) is 1.86. The van der Waals surface area contributed by atoms with E-state index in [0.717, 1.165) is 0 Å². The Kier molecular flexibility index (Phi) is 3.00. The molecule has 0 amide bonds. The van der Waals surface area contributed by atoms with E-state index >= 15 is 0 Å². The molecule has 9 heavy (non-hydrogen) atoms. The van der Waals surface area contributed by atoms with Gasteiger partial charge >= 0.3 is 5.97 Å². The van der Waals surface area contributed by atoms with E-state index in [9.17, 15) is 4.79 Å². The van der Waals surface area contributed by atoms with Gasteiger partial charge in [-0.05, 0) is 13.2 Å². The highest BCUT2D eigenvalue weighted by Gasteiger charge is 2.29. The van der Waals surface area contributed by atoms with Crippen molar-refractivity contribution in [2.75, 3.05) is 12.8 Å². The first-order valence-electron chi connectivity index (χ1n) is 2.55. The van der Waals surface area contributed by atoms with Crippen molar-refractivity contribution in [3.63, 3.8) is 0 Å². The lowest BCUT2D eigenvalue weighted by molar-refractivity contribution is -0.139. The lowest BCUT2D eigenvalue weighted by Crippen LogP contribution is -2.39. The molecule has 1 atom stereocenters. The minimum absolute atomic E-state index is 0.170. The molecule has 0 spiro atoms. The lowest BCUT2D eigenvalue weighted by Gasteiger charge is -2.18. The molecule has 0 saturated carbocycles. The van der Waals surface area contributed by atoms with Crippen molar-refractivity contribution in [1.82, 2.24) is 0 Å². The van der Waals surface area contributed by atoms with Crippen LogP contribution in [0.1, 0.15) is 6.92 Å². The topological polar surface area (TPSA) is 63.3 Å². The van der Waals surface area contributed by atoms with Crippen LogP contribution in [0.25, 0.3) is 0 Å². The van der Waals surface area contributed by atoms with Gasteiger partial charge in [0.25, 0.3) is 0 Å². The number of carboxylic acid groups (broad SMARTS) is 1. The Balaban J connectivity index is 4.09. The first kappa shape index (κ1) is 8.78. The van der Waals surface area contributed by atoms with Crippen LogP contribution in [0.2, 0.25) is 0 Å². The molecule has 0 saturated heterocycles. The van der Waals surface area contributed by atoms with Gasteiger partial charge in [0.2, 0.25) is 0 Å². The SMILES string of the molecule is CS[C@@](C)(CN)C(=O)O. The van der Waals surface area contributed by atoms with E-state index in [-0.39, 0.29) is 6.54 Å². The second-order valence-corrected chi connectivity index (χ2v) is 3.25. The Hall–Kier alpha value is -0.220. The highest BCUT2D eigenvalue weighted by atomic mass is 32.2. The van der Waals surface area contributed by atoms with Crippen LogP contribution in [-0.4, -0.2) is 28.6 Å². The Morgan fingerprint density at radius 2 is 2.33 bits per heavy atom. The van der Waals surface area contributed by atoms with E-state index < -0.39 is 10.7 Å². The minimum atomic E-state index is -0.850. The van der Waals surface area contributed by atoms with Crippen molar-refractivity contribution in [2.24, 2.45) is 5.73 Å². The Labute approximate surface area is 58.6 Å². The molecule has 0 heterocycles. The van der Waals surface area contributed by atoms with Gasteiger partial charge in [0.1, 0.15) is 4.75 Å². The number of rotatable bonds is 3. The van der Waals surface area contributed by atoms with Gasteiger partial charge in [-0.3, -0.25) is 4.79 Å². The lowest BCUT2D eigenvalue weighted by atomic mass is 10.2. The zero-order valence-electron chi connectivity index (χ0n) is 5.55. The maximum atomic E-state index is 10.4. The van der Waals surface area contributed by atoms with Crippen LogP contribution in [0, 0.1) is 0 Å². The van der Waals surface area contributed by atoms with Gasteiger partial charge in [0, 0.05) is 6.54 Å². The van der Waals surface area contributed by atoms with Crippen molar-refractivity contribution >= 4 is 17.7 Å². The highest BCUT2D eigenvalue weighted by molar-refractivity contribution is 8.00. The summed E-state index contributed by atoms with van der Waals surface area (Å²) in [6.07, 6.45) is 1.74. The van der Waals surface area contributed by atoms with E-state index in [4.69, 9.17) is 10.8 Å². The van der Waals surface area contributed by atoms with Gasteiger partial charge in [0.05, 0.1) is 0 Å². The fourth-order valence-corrected chi connectivity index (χ4v) is 0.599. The average molecular weight is 149 g/mol. The fourth-order valence-electron chi connectivity index (χ4n) is 0.258. The predicted molar refractivity (Wildman–Crippen MR) is 38.6 cm³/mol. The smallest absolute Gasteiger partial charge is 0.320 e. The zero-order chi connectivity index (χ0) is 7.49. The molecule has 0 aliphatic carbocycles. The van der Waals surface area contributed by atoms with Crippen LogP contribution in [-0.2, 0) is 4.79 Å². The summed E-state index contributed by atoms with van der Waals surface area (Å²) in [6.45, 7) is 1.78. The third-order valence-electron chi connectivity index (χ3n) is 1.29. The Morgan fingerprint density at radius 1 is 1.89 bits per heavy atom. The molecular weight excluding hydrogens is 138 g/mol. The minimum Gasteiger partial charge on any atom is -0.480 e. The van der Waals surface area contributed by atoms with Crippen LogP contribution in [0.5, 0.6) is 0 Å². The van der Waals surface area contributed by atoms with Gasteiger partial charge in [-0.1, -0.05) is 0 Å². The van der Waals surface area contributed by atoms with E-state index in [1.54, 1.807) is 13.2 Å². The molecule has 3 nitrogen and oxygen atoms in total. The molecule has 4 heteroatoms. The molecule has 0 rings (SSSR count). The summed E-state index contributed by atoms with van der Waals surface area (Å²) >= 11 is 1.26. The van der Waals surface area contributed by atoms with Crippen LogP contribution in [0.3, 0.4) is 0 Å². The second kappa shape index (κ2) is 3.08. The largest absolute Gasteiger partial charge is 0.480 e. The van der Waals surface area contributed by atoms with Crippen molar-refractivity contribution in [2.45, 2.75) is 11.7 Å². The van der Waals surface area contributed by atoms with Crippen LogP contribution in [0.15, 0.2) is 0 Å². The third-order valence-corrected chi connectivity index (χ3v) is 2.53. The molecule has 0 aromatic heterocycles. The van der Waals surface area contributed by atoms with Crippen molar-refractivity contribution < 1.29 is 9.90 Å². The van der Waals surface area contributed by atoms with Crippen molar-refractivity contribution in [3.05, 3.63) is 0 Å². The predicted octanol–water partition coefficient (Wildman–Crippen LogP) is 0.151. The van der Waals surface area contributed by atoms with Gasteiger partial charge in [0.15, 0.2) is 0 Å². The Morgan fingerprint density at radius 3 is 2.33 bits per heavy atom. The normalized spacial score (nSPS) is 16.8. The van der Waals surface area contributed by atoms with Crippen LogP contribution < -0.4 is 5.73 Å². The zero-order valence-corrected chi connectivity index (χ0v) is 6.36. The van der Waals surface area contributed by atoms with E-state index in [1.165, 1.54) is 11.8 Å². The molecule has 0 bridgehead atoms. The molecule has 0 aliphatic heterocycles. The third kappa shape index (κ3) is 1.87. The first-order chi connectivity index (χ1) is 4.06. The molecule has 0 aromatic rings. The summed E-state index contributed by atoms with van der Waals surface area (Å²) in [5, 5.41) is 8.53. The summed E-state index contributed by atoms with van der Waals surface area (Å²) < 4.78 is -0.806. The number of carbonyl (C=O) groups is 1. The standard InChI is InChI=1S/C5H11NO2S/c1-5(3-6,9-2)4(7)8/h3,6H2,1-2H3,(H,7,8)/t5-/m0/s1. The van der Waals surface area contributed by atoms with Crippen molar-refractivity contribution in [1.29, 1.82) is 0 Å². The summed E-state index contributed by atoms with van der Waals surface area (Å²) in [4.78, 5) is 10.4. The number of hydrogen-bond acceptors (Lipinski definition) is 3. The molecule has 54 valence electrons. The van der Waals surface area contributed by atoms with Gasteiger partial charge in [-0.25, -0.2) is 0 Å². The first-order valence-corrected chi connectivity index (χ1v) is 3.78. The second-order valence-electron chi connectivity index (χ2n) is 1.94. The number of nitrogens with two attached hydrogens (primary N) is 1. The van der Waals surface area contributed by atoms with Gasteiger partial charge in [-0.2, -0.15) is 0 Å². The molecule has 0 fully saturated rings. The number of carboxylic acids is 1. The van der Waals surface area contributed by atoms with Crippen LogP contribution >= 0.6 is 11.8 Å². The van der Waals surface area contributed by atoms with E-state index in [2.05, 4.69) is 0 Å².